The molecular weight excluding hydrogens is 311 g/mol. The highest BCUT2D eigenvalue weighted by atomic mass is 19.1. The molecule has 0 fully saturated rings. The number of nitrogens with one attached hydrogen (secondary N) is 1. The number of amides is 2. The van der Waals surface area contributed by atoms with E-state index in [1.54, 1.807) is 38.4 Å². The third-order valence-electron chi connectivity index (χ3n) is 3.46. The second-order valence-corrected chi connectivity index (χ2v) is 5.32. The van der Waals surface area contributed by atoms with Crippen LogP contribution >= 0.6 is 0 Å². The van der Waals surface area contributed by atoms with E-state index in [4.69, 9.17) is 4.74 Å². The minimum Gasteiger partial charge on any atom is -0.497 e. The molecule has 0 saturated heterocycles. The van der Waals surface area contributed by atoms with Gasteiger partial charge in [0, 0.05) is 20.1 Å². The maximum absolute atomic E-state index is 12.8. The predicted molar refractivity (Wildman–Crippen MR) is 87.7 cm³/mol. The fraction of sp³-hybridized carbons (Fsp3) is 0.222. The molecule has 126 valence electrons. The van der Waals surface area contributed by atoms with Gasteiger partial charge in [0.05, 0.1) is 7.11 Å². The van der Waals surface area contributed by atoms with Gasteiger partial charge >= 0.3 is 11.8 Å². The topological polar surface area (TPSA) is 58.6 Å². The lowest BCUT2D eigenvalue weighted by molar-refractivity contribution is -0.145. The molecule has 24 heavy (non-hydrogen) atoms. The number of ether oxygens (including phenoxy) is 1. The van der Waals surface area contributed by atoms with E-state index < -0.39 is 11.8 Å². The SMILES string of the molecule is COc1cccc(CN(C)C(=O)C(=O)NCc2ccc(F)cc2)c1. The van der Waals surface area contributed by atoms with E-state index in [1.807, 2.05) is 12.1 Å². The maximum Gasteiger partial charge on any atom is 0.311 e. The summed E-state index contributed by atoms with van der Waals surface area (Å²) in [4.78, 5) is 25.4. The number of hydrogen-bond acceptors (Lipinski definition) is 3. The molecule has 0 aliphatic heterocycles. The molecule has 0 atom stereocenters. The van der Waals surface area contributed by atoms with Crippen molar-refractivity contribution in [3.8, 4) is 5.75 Å². The van der Waals surface area contributed by atoms with Gasteiger partial charge in [0.25, 0.3) is 0 Å². The first-order valence-corrected chi connectivity index (χ1v) is 7.40. The van der Waals surface area contributed by atoms with Crippen molar-refractivity contribution in [3.05, 3.63) is 65.5 Å². The molecule has 6 heteroatoms. The molecule has 0 heterocycles. The Morgan fingerprint density at radius 1 is 1.12 bits per heavy atom. The Kier molecular flexibility index (Phi) is 5.89. The fourth-order valence-corrected chi connectivity index (χ4v) is 2.15. The number of halogens is 1. The molecule has 1 N–H and O–H groups in total. The standard InChI is InChI=1S/C18H19FN2O3/c1-21(12-14-4-3-5-16(10-14)24-2)18(23)17(22)20-11-13-6-8-15(19)9-7-13/h3-10H,11-12H2,1-2H3,(H,20,22). The number of benzene rings is 2. The van der Waals surface area contributed by atoms with Crippen molar-refractivity contribution in [1.82, 2.24) is 10.2 Å². The number of likely N-dealkylation sites (N-methyl/N-ethyl adjacent to an activating group) is 1. The number of carbonyl (C=O) groups excluding carboxylic acids is 2. The number of methoxy groups -OCH3 is 1. The molecule has 0 unspecified atom stereocenters. The van der Waals surface area contributed by atoms with Crippen LogP contribution in [0, 0.1) is 5.82 Å². The normalized spacial score (nSPS) is 10.1. The van der Waals surface area contributed by atoms with Crippen LogP contribution in [0.5, 0.6) is 5.75 Å². The van der Waals surface area contributed by atoms with E-state index in [9.17, 15) is 14.0 Å². The zero-order valence-corrected chi connectivity index (χ0v) is 13.6. The van der Waals surface area contributed by atoms with E-state index in [1.165, 1.54) is 17.0 Å². The van der Waals surface area contributed by atoms with Crippen LogP contribution in [0.2, 0.25) is 0 Å². The summed E-state index contributed by atoms with van der Waals surface area (Å²) in [5.74, 6) is -1.00. The van der Waals surface area contributed by atoms with Crippen LogP contribution in [-0.4, -0.2) is 30.9 Å². The van der Waals surface area contributed by atoms with Gasteiger partial charge < -0.3 is 15.0 Å². The number of nitrogens with zero attached hydrogens (tertiary/aromatic N) is 1. The van der Waals surface area contributed by atoms with Crippen molar-refractivity contribution >= 4 is 11.8 Å². The lowest BCUT2D eigenvalue weighted by Crippen LogP contribution is -2.40. The molecule has 0 bridgehead atoms. The molecule has 0 saturated carbocycles. The summed E-state index contributed by atoms with van der Waals surface area (Å²) < 4.78 is 18.0. The zero-order valence-electron chi connectivity index (χ0n) is 13.6. The van der Waals surface area contributed by atoms with Crippen LogP contribution in [0.1, 0.15) is 11.1 Å². The van der Waals surface area contributed by atoms with Gasteiger partial charge in [-0.05, 0) is 35.4 Å². The second-order valence-electron chi connectivity index (χ2n) is 5.32. The van der Waals surface area contributed by atoms with Gasteiger partial charge in [0.15, 0.2) is 0 Å². The highest BCUT2D eigenvalue weighted by Crippen LogP contribution is 2.13. The highest BCUT2D eigenvalue weighted by Gasteiger charge is 2.18. The number of carbonyl (C=O) groups is 2. The van der Waals surface area contributed by atoms with Crippen LogP contribution < -0.4 is 10.1 Å². The summed E-state index contributed by atoms with van der Waals surface area (Å²) in [5.41, 5.74) is 1.57. The Hall–Kier alpha value is -2.89. The zero-order chi connectivity index (χ0) is 17.5. The molecule has 2 aromatic carbocycles. The van der Waals surface area contributed by atoms with Gasteiger partial charge in [-0.1, -0.05) is 24.3 Å². The van der Waals surface area contributed by atoms with Gasteiger partial charge in [-0.15, -0.1) is 0 Å². The largest absolute Gasteiger partial charge is 0.497 e. The average molecular weight is 330 g/mol. The Morgan fingerprint density at radius 3 is 2.50 bits per heavy atom. The summed E-state index contributed by atoms with van der Waals surface area (Å²) in [5, 5.41) is 2.53. The minimum atomic E-state index is -0.704. The molecule has 0 aromatic heterocycles. The minimum absolute atomic E-state index is 0.165. The first-order chi connectivity index (χ1) is 11.5. The van der Waals surface area contributed by atoms with Crippen molar-refractivity contribution in [1.29, 1.82) is 0 Å². The first-order valence-electron chi connectivity index (χ1n) is 7.40. The molecular formula is C18H19FN2O3. The van der Waals surface area contributed by atoms with Crippen molar-refractivity contribution in [2.24, 2.45) is 0 Å². The molecule has 0 radical (unpaired) electrons. The van der Waals surface area contributed by atoms with Gasteiger partial charge in [-0.2, -0.15) is 0 Å². The Morgan fingerprint density at radius 2 is 1.83 bits per heavy atom. The molecule has 2 aromatic rings. The van der Waals surface area contributed by atoms with Crippen molar-refractivity contribution in [2.75, 3.05) is 14.2 Å². The van der Waals surface area contributed by atoms with Crippen LogP contribution in [-0.2, 0) is 22.7 Å². The predicted octanol–water partition coefficient (Wildman–Crippen LogP) is 2.11. The van der Waals surface area contributed by atoms with E-state index in [0.717, 1.165) is 5.56 Å². The van der Waals surface area contributed by atoms with Gasteiger partial charge in [0.1, 0.15) is 11.6 Å². The van der Waals surface area contributed by atoms with Crippen molar-refractivity contribution < 1.29 is 18.7 Å². The molecule has 5 nitrogen and oxygen atoms in total. The summed E-state index contributed by atoms with van der Waals surface area (Å²) in [6.45, 7) is 0.456. The summed E-state index contributed by atoms with van der Waals surface area (Å²) in [7, 11) is 3.12. The third kappa shape index (κ3) is 4.81. The van der Waals surface area contributed by atoms with Crippen LogP contribution in [0.15, 0.2) is 48.5 Å². The molecule has 0 aliphatic rings. The molecule has 0 spiro atoms. The highest BCUT2D eigenvalue weighted by molar-refractivity contribution is 6.34. The smallest absolute Gasteiger partial charge is 0.311 e. The third-order valence-corrected chi connectivity index (χ3v) is 3.46. The second kappa shape index (κ2) is 8.10. The summed E-state index contributed by atoms with van der Waals surface area (Å²) >= 11 is 0. The van der Waals surface area contributed by atoms with Crippen molar-refractivity contribution in [3.63, 3.8) is 0 Å². The Bertz CT molecular complexity index is 716. The lowest BCUT2D eigenvalue weighted by atomic mass is 10.2. The summed E-state index contributed by atoms with van der Waals surface area (Å²) in [6.07, 6.45) is 0. The average Bonchev–Trinajstić information content (AvgIpc) is 2.60. The Labute approximate surface area is 140 Å². The monoisotopic (exact) mass is 330 g/mol. The van der Waals surface area contributed by atoms with E-state index in [-0.39, 0.29) is 12.4 Å². The molecule has 2 rings (SSSR count). The Balaban J connectivity index is 1.89. The summed E-state index contributed by atoms with van der Waals surface area (Å²) in [6, 6.07) is 13.0. The molecule has 2 amide bonds. The van der Waals surface area contributed by atoms with E-state index in [0.29, 0.717) is 17.9 Å². The molecule has 0 aliphatic carbocycles. The van der Waals surface area contributed by atoms with Crippen LogP contribution in [0.3, 0.4) is 0 Å². The maximum atomic E-state index is 12.8. The lowest BCUT2D eigenvalue weighted by Gasteiger charge is -2.17. The fourth-order valence-electron chi connectivity index (χ4n) is 2.15. The van der Waals surface area contributed by atoms with Crippen LogP contribution in [0.4, 0.5) is 4.39 Å². The van der Waals surface area contributed by atoms with Gasteiger partial charge in [-0.3, -0.25) is 9.59 Å². The quantitative estimate of drug-likeness (QED) is 0.854. The van der Waals surface area contributed by atoms with Crippen molar-refractivity contribution in [2.45, 2.75) is 13.1 Å². The van der Waals surface area contributed by atoms with E-state index >= 15 is 0 Å². The van der Waals surface area contributed by atoms with Gasteiger partial charge in [-0.25, -0.2) is 4.39 Å². The first kappa shape index (κ1) is 17.5. The van der Waals surface area contributed by atoms with E-state index in [2.05, 4.69) is 5.32 Å². The van der Waals surface area contributed by atoms with Gasteiger partial charge in [0.2, 0.25) is 0 Å². The number of hydrogen-bond donors (Lipinski definition) is 1. The number of rotatable bonds is 5. The van der Waals surface area contributed by atoms with Crippen LogP contribution in [0.25, 0.3) is 0 Å².